The van der Waals surface area contributed by atoms with E-state index in [1.165, 1.54) is 11.8 Å². The molecule has 3 rings (SSSR count). The number of halogens is 1. The molecular weight excluding hydrogens is 424 g/mol. The fourth-order valence-corrected chi connectivity index (χ4v) is 3.74. The van der Waals surface area contributed by atoms with Gasteiger partial charge in [0, 0.05) is 17.8 Å². The van der Waals surface area contributed by atoms with Gasteiger partial charge in [0.2, 0.25) is 5.91 Å². The fourth-order valence-electron chi connectivity index (χ4n) is 2.80. The monoisotopic (exact) mass is 446 g/mol. The minimum atomic E-state index is -0.315. The number of aryl methyl sites for hydroxylation is 1. The Balaban J connectivity index is 1.58. The van der Waals surface area contributed by atoms with Gasteiger partial charge < -0.3 is 19.4 Å². The van der Waals surface area contributed by atoms with Crippen LogP contribution in [0, 0.1) is 6.92 Å². The molecule has 2 aromatic carbocycles. The van der Waals surface area contributed by atoms with Gasteiger partial charge in [-0.3, -0.25) is 4.79 Å². The highest BCUT2D eigenvalue weighted by atomic mass is 35.5. The summed E-state index contributed by atoms with van der Waals surface area (Å²) in [7, 11) is 3.45. The van der Waals surface area contributed by atoms with E-state index in [0.717, 1.165) is 17.1 Å². The summed E-state index contributed by atoms with van der Waals surface area (Å²) >= 11 is 7.31. The molecule has 0 aliphatic rings. The van der Waals surface area contributed by atoms with Gasteiger partial charge in [0.25, 0.3) is 0 Å². The molecule has 158 valence electrons. The second-order valence-corrected chi connectivity index (χ2v) is 8.01. The molecule has 0 aliphatic heterocycles. The highest BCUT2D eigenvalue weighted by Crippen LogP contribution is 2.27. The van der Waals surface area contributed by atoms with Gasteiger partial charge in [0.05, 0.1) is 12.9 Å². The van der Waals surface area contributed by atoms with Crippen molar-refractivity contribution in [1.82, 2.24) is 14.8 Å². The number of hydrogen-bond acceptors (Lipinski definition) is 6. The SMILES string of the molecule is COc1ccc(NC(=O)CSc2nnc(C(C)Oc3ccc(Cl)cc3C)n2C)cc1. The van der Waals surface area contributed by atoms with Crippen molar-refractivity contribution in [2.75, 3.05) is 18.2 Å². The number of anilines is 1. The molecule has 0 saturated carbocycles. The molecule has 1 N–H and O–H groups in total. The number of carbonyl (C=O) groups excluding carboxylic acids is 1. The largest absolute Gasteiger partial charge is 0.497 e. The number of amides is 1. The predicted molar refractivity (Wildman–Crippen MR) is 119 cm³/mol. The molecule has 0 bridgehead atoms. The normalized spacial score (nSPS) is 11.8. The lowest BCUT2D eigenvalue weighted by molar-refractivity contribution is -0.113. The third-order valence-corrected chi connectivity index (χ3v) is 5.63. The molecule has 1 atom stereocenters. The molecule has 1 amide bonds. The van der Waals surface area contributed by atoms with Gasteiger partial charge in [-0.05, 0) is 61.9 Å². The molecule has 1 unspecified atom stereocenters. The molecule has 0 saturated heterocycles. The second-order valence-electron chi connectivity index (χ2n) is 6.64. The van der Waals surface area contributed by atoms with Crippen molar-refractivity contribution in [3.05, 3.63) is 58.9 Å². The van der Waals surface area contributed by atoms with Crippen molar-refractivity contribution in [2.45, 2.75) is 25.1 Å². The number of nitrogens with zero attached hydrogens (tertiary/aromatic N) is 3. The van der Waals surface area contributed by atoms with Crippen LogP contribution in [0.2, 0.25) is 5.02 Å². The molecule has 0 radical (unpaired) electrons. The topological polar surface area (TPSA) is 78.3 Å². The fraction of sp³-hybridized carbons (Fsp3) is 0.286. The van der Waals surface area contributed by atoms with Crippen LogP contribution in [0.4, 0.5) is 5.69 Å². The lowest BCUT2D eigenvalue weighted by Gasteiger charge is -2.16. The van der Waals surface area contributed by atoms with E-state index in [0.29, 0.717) is 21.7 Å². The van der Waals surface area contributed by atoms with E-state index in [-0.39, 0.29) is 17.8 Å². The maximum Gasteiger partial charge on any atom is 0.234 e. The van der Waals surface area contributed by atoms with Gasteiger partial charge in [0.1, 0.15) is 11.5 Å². The molecule has 7 nitrogen and oxygen atoms in total. The Bertz CT molecular complexity index is 1020. The summed E-state index contributed by atoms with van der Waals surface area (Å²) in [6, 6.07) is 12.6. The van der Waals surface area contributed by atoms with E-state index in [1.54, 1.807) is 37.4 Å². The van der Waals surface area contributed by atoms with Crippen molar-refractivity contribution in [2.24, 2.45) is 7.05 Å². The molecular formula is C21H23ClN4O3S. The lowest BCUT2D eigenvalue weighted by Crippen LogP contribution is -2.15. The molecule has 30 heavy (non-hydrogen) atoms. The maximum atomic E-state index is 12.2. The van der Waals surface area contributed by atoms with Crippen LogP contribution in [0.3, 0.4) is 0 Å². The zero-order valence-corrected chi connectivity index (χ0v) is 18.8. The quantitative estimate of drug-likeness (QED) is 0.507. The Morgan fingerprint density at radius 1 is 1.23 bits per heavy atom. The van der Waals surface area contributed by atoms with Crippen LogP contribution < -0.4 is 14.8 Å². The number of aromatic nitrogens is 3. The number of hydrogen-bond donors (Lipinski definition) is 1. The lowest BCUT2D eigenvalue weighted by atomic mass is 10.2. The summed E-state index contributed by atoms with van der Waals surface area (Å²) in [5, 5.41) is 12.6. The third kappa shape index (κ3) is 5.46. The van der Waals surface area contributed by atoms with E-state index in [4.69, 9.17) is 21.1 Å². The first-order chi connectivity index (χ1) is 14.4. The van der Waals surface area contributed by atoms with Crippen molar-refractivity contribution in [3.8, 4) is 11.5 Å². The molecule has 1 heterocycles. The average molecular weight is 447 g/mol. The van der Waals surface area contributed by atoms with Crippen LogP contribution in [0.5, 0.6) is 11.5 Å². The first-order valence-corrected chi connectivity index (χ1v) is 10.6. The van der Waals surface area contributed by atoms with Gasteiger partial charge >= 0.3 is 0 Å². The number of methoxy groups -OCH3 is 1. The average Bonchev–Trinajstić information content (AvgIpc) is 3.09. The third-order valence-electron chi connectivity index (χ3n) is 4.38. The Morgan fingerprint density at radius 3 is 2.63 bits per heavy atom. The molecule has 0 spiro atoms. The van der Waals surface area contributed by atoms with Crippen molar-refractivity contribution in [1.29, 1.82) is 0 Å². The summed E-state index contributed by atoms with van der Waals surface area (Å²) in [6.07, 6.45) is -0.315. The van der Waals surface area contributed by atoms with E-state index >= 15 is 0 Å². The Hall–Kier alpha value is -2.71. The van der Waals surface area contributed by atoms with E-state index in [2.05, 4.69) is 15.5 Å². The summed E-state index contributed by atoms with van der Waals surface area (Å²) in [4.78, 5) is 12.2. The van der Waals surface area contributed by atoms with Crippen LogP contribution in [-0.2, 0) is 11.8 Å². The van der Waals surface area contributed by atoms with Crippen LogP contribution in [-0.4, -0.2) is 33.5 Å². The van der Waals surface area contributed by atoms with Gasteiger partial charge in [-0.1, -0.05) is 23.4 Å². The van der Waals surface area contributed by atoms with E-state index in [9.17, 15) is 4.79 Å². The number of carbonyl (C=O) groups is 1. The Morgan fingerprint density at radius 2 is 1.97 bits per heavy atom. The number of benzene rings is 2. The van der Waals surface area contributed by atoms with Gasteiger partial charge in [-0.15, -0.1) is 10.2 Å². The highest BCUT2D eigenvalue weighted by molar-refractivity contribution is 7.99. The Labute approximate surface area is 184 Å². The van der Waals surface area contributed by atoms with Gasteiger partial charge in [-0.25, -0.2) is 0 Å². The molecule has 3 aromatic rings. The summed E-state index contributed by atoms with van der Waals surface area (Å²) in [5.41, 5.74) is 1.65. The number of rotatable bonds is 8. The summed E-state index contributed by atoms with van der Waals surface area (Å²) in [5.74, 6) is 2.23. The Kier molecular flexibility index (Phi) is 7.23. The van der Waals surface area contributed by atoms with E-state index < -0.39 is 0 Å². The summed E-state index contributed by atoms with van der Waals surface area (Å²) < 4.78 is 13.0. The zero-order chi connectivity index (χ0) is 21.7. The maximum absolute atomic E-state index is 12.2. The van der Waals surface area contributed by atoms with Crippen LogP contribution in [0.1, 0.15) is 24.4 Å². The molecule has 0 aliphatic carbocycles. The minimum absolute atomic E-state index is 0.129. The highest BCUT2D eigenvalue weighted by Gasteiger charge is 2.19. The molecule has 0 fully saturated rings. The van der Waals surface area contributed by atoms with Crippen molar-refractivity contribution >= 4 is 35.0 Å². The van der Waals surface area contributed by atoms with Gasteiger partial charge in [0.15, 0.2) is 17.1 Å². The van der Waals surface area contributed by atoms with Crippen molar-refractivity contribution < 1.29 is 14.3 Å². The van der Waals surface area contributed by atoms with Gasteiger partial charge in [-0.2, -0.15) is 0 Å². The standard InChI is InChI=1S/C21H23ClN4O3S/c1-13-11-15(22)5-10-18(13)29-14(2)20-24-25-21(26(20)3)30-12-19(27)23-16-6-8-17(28-4)9-7-16/h5-11,14H,12H2,1-4H3,(H,23,27). The van der Waals surface area contributed by atoms with Crippen LogP contribution in [0.25, 0.3) is 0 Å². The first-order valence-electron chi connectivity index (χ1n) is 9.26. The second kappa shape index (κ2) is 9.86. The number of nitrogens with one attached hydrogen (secondary N) is 1. The number of thioether (sulfide) groups is 1. The zero-order valence-electron chi connectivity index (χ0n) is 17.2. The molecule has 1 aromatic heterocycles. The van der Waals surface area contributed by atoms with E-state index in [1.807, 2.05) is 37.6 Å². The number of ether oxygens (including phenoxy) is 2. The minimum Gasteiger partial charge on any atom is -0.497 e. The smallest absolute Gasteiger partial charge is 0.234 e. The van der Waals surface area contributed by atoms with Crippen molar-refractivity contribution in [3.63, 3.8) is 0 Å². The predicted octanol–water partition coefficient (Wildman–Crippen LogP) is 4.66. The molecule has 9 heteroatoms. The summed E-state index contributed by atoms with van der Waals surface area (Å²) in [6.45, 7) is 3.84. The van der Waals surface area contributed by atoms with Crippen LogP contribution >= 0.6 is 23.4 Å². The van der Waals surface area contributed by atoms with Crippen LogP contribution in [0.15, 0.2) is 47.6 Å². The first kappa shape index (κ1) is 22.0.